The van der Waals surface area contributed by atoms with Crippen LogP contribution in [0.25, 0.3) is 0 Å². The molecule has 8 nitrogen and oxygen atoms in total. The Morgan fingerprint density at radius 1 is 1.00 bits per heavy atom. The summed E-state index contributed by atoms with van der Waals surface area (Å²) in [7, 11) is 1.68. The van der Waals surface area contributed by atoms with Crippen LogP contribution in [0.15, 0.2) is 59.6 Å². The van der Waals surface area contributed by atoms with E-state index in [2.05, 4.69) is 32.1 Å². The zero-order valence-corrected chi connectivity index (χ0v) is 19.9. The number of hydrogen-bond acceptors (Lipinski definition) is 6. The summed E-state index contributed by atoms with van der Waals surface area (Å²) in [5.41, 5.74) is 1.95. The number of rotatable bonds is 6. The van der Waals surface area contributed by atoms with Gasteiger partial charge in [0.15, 0.2) is 18.2 Å². The van der Waals surface area contributed by atoms with Crippen LogP contribution in [-0.4, -0.2) is 89.5 Å². The van der Waals surface area contributed by atoms with E-state index in [4.69, 9.17) is 4.99 Å². The summed E-state index contributed by atoms with van der Waals surface area (Å²) < 4.78 is 14.1. The molecule has 3 amide bonds. The first-order valence-electron chi connectivity index (χ1n) is 12.2. The average molecular weight is 479 g/mol. The summed E-state index contributed by atoms with van der Waals surface area (Å²) in [4.78, 5) is 38.0. The van der Waals surface area contributed by atoms with Crippen LogP contribution in [-0.2, 0) is 17.8 Å². The molecular formula is C26H31FN6O2. The Bertz CT molecular complexity index is 1100. The van der Waals surface area contributed by atoms with Gasteiger partial charge >= 0.3 is 6.03 Å². The number of nitrogens with one attached hydrogen (secondary N) is 1. The molecule has 1 N–H and O–H groups in total. The quantitative estimate of drug-likeness (QED) is 0.689. The van der Waals surface area contributed by atoms with Crippen molar-refractivity contribution >= 4 is 17.9 Å². The van der Waals surface area contributed by atoms with Crippen molar-refractivity contribution in [2.75, 3.05) is 39.8 Å². The second kappa shape index (κ2) is 10.0. The largest absolute Gasteiger partial charge is 0.340 e. The maximum atomic E-state index is 14.1. The van der Waals surface area contributed by atoms with Gasteiger partial charge < -0.3 is 14.7 Å². The predicted molar refractivity (Wildman–Crippen MR) is 131 cm³/mol. The second-order valence-electron chi connectivity index (χ2n) is 9.33. The fraction of sp³-hybridized carbons (Fsp3) is 0.423. The third-order valence-electron chi connectivity index (χ3n) is 7.05. The van der Waals surface area contributed by atoms with Crippen molar-refractivity contribution in [3.05, 3.63) is 71.5 Å². The maximum absolute atomic E-state index is 14.1. The normalized spacial score (nSPS) is 22.8. The van der Waals surface area contributed by atoms with Crippen molar-refractivity contribution in [1.29, 1.82) is 0 Å². The van der Waals surface area contributed by atoms with Crippen LogP contribution in [0.1, 0.15) is 17.5 Å². The average Bonchev–Trinajstić information content (AvgIpc) is 3.25. The van der Waals surface area contributed by atoms with E-state index >= 15 is 0 Å². The monoisotopic (exact) mass is 478 g/mol. The molecule has 0 aliphatic carbocycles. The van der Waals surface area contributed by atoms with E-state index in [9.17, 15) is 14.0 Å². The van der Waals surface area contributed by atoms with Gasteiger partial charge in [0, 0.05) is 51.9 Å². The van der Waals surface area contributed by atoms with E-state index in [1.54, 1.807) is 13.1 Å². The van der Waals surface area contributed by atoms with E-state index in [0.717, 1.165) is 45.0 Å². The standard InChI is InChI=1S/C26H31FN6O2/c1-30-23-22(24(34)29-26(30)35)33(13-7-10-19-8-3-2-4-9-19)25(28-23)32-16-14-31(15-17-32)18-20-11-5-6-12-21(20)27/h2-6,8-9,11-12,22-23H,7,10,13-18H2,1H3,(H,29,34,35). The minimum atomic E-state index is -0.528. The summed E-state index contributed by atoms with van der Waals surface area (Å²) in [6.07, 6.45) is 1.23. The first-order valence-corrected chi connectivity index (χ1v) is 12.2. The molecule has 2 aromatic rings. The van der Waals surface area contributed by atoms with Gasteiger partial charge in [-0.05, 0) is 24.5 Å². The van der Waals surface area contributed by atoms with E-state index < -0.39 is 18.2 Å². The van der Waals surface area contributed by atoms with Crippen LogP contribution in [0.5, 0.6) is 0 Å². The second-order valence-corrected chi connectivity index (χ2v) is 9.33. The number of carbonyl (C=O) groups is 2. The Labute approximate surface area is 205 Å². The topological polar surface area (TPSA) is 71.5 Å². The molecule has 0 aromatic heterocycles. The van der Waals surface area contributed by atoms with Gasteiger partial charge in [0.2, 0.25) is 0 Å². The zero-order chi connectivity index (χ0) is 24.4. The lowest BCUT2D eigenvalue weighted by Crippen LogP contribution is -2.64. The van der Waals surface area contributed by atoms with Crippen molar-refractivity contribution in [3.63, 3.8) is 0 Å². The lowest BCUT2D eigenvalue weighted by molar-refractivity contribution is -0.127. The van der Waals surface area contributed by atoms with Crippen LogP contribution in [0.3, 0.4) is 0 Å². The summed E-state index contributed by atoms with van der Waals surface area (Å²) in [5, 5.41) is 2.47. The van der Waals surface area contributed by atoms with Gasteiger partial charge in [0.05, 0.1) is 0 Å². The van der Waals surface area contributed by atoms with Crippen molar-refractivity contribution in [2.24, 2.45) is 4.99 Å². The number of halogens is 1. The number of imide groups is 1. The Kier molecular flexibility index (Phi) is 6.68. The molecule has 9 heteroatoms. The molecule has 0 radical (unpaired) electrons. The van der Waals surface area contributed by atoms with Crippen molar-refractivity contribution in [1.82, 2.24) is 24.9 Å². The van der Waals surface area contributed by atoms with Crippen LogP contribution in [0.4, 0.5) is 9.18 Å². The summed E-state index contributed by atoms with van der Waals surface area (Å²) >= 11 is 0. The van der Waals surface area contributed by atoms with Crippen LogP contribution >= 0.6 is 0 Å². The molecule has 5 rings (SSSR count). The Hall–Kier alpha value is -3.46. The number of hydrogen-bond donors (Lipinski definition) is 1. The third kappa shape index (κ3) is 4.86. The molecule has 184 valence electrons. The van der Waals surface area contributed by atoms with Crippen molar-refractivity contribution in [2.45, 2.75) is 31.6 Å². The molecule has 2 atom stereocenters. The number of amides is 3. The van der Waals surface area contributed by atoms with Gasteiger partial charge in [-0.2, -0.15) is 0 Å². The molecule has 2 aromatic carbocycles. The molecule has 2 fully saturated rings. The summed E-state index contributed by atoms with van der Waals surface area (Å²) in [5.74, 6) is 0.299. The van der Waals surface area contributed by atoms with Gasteiger partial charge in [-0.15, -0.1) is 0 Å². The Balaban J connectivity index is 1.28. The van der Waals surface area contributed by atoms with Crippen LogP contribution < -0.4 is 5.32 Å². The minimum Gasteiger partial charge on any atom is -0.340 e. The minimum absolute atomic E-state index is 0.178. The smallest absolute Gasteiger partial charge is 0.325 e. The molecule has 0 bridgehead atoms. The highest BCUT2D eigenvalue weighted by Gasteiger charge is 2.49. The number of aryl methyl sites for hydroxylation is 1. The zero-order valence-electron chi connectivity index (χ0n) is 19.9. The van der Waals surface area contributed by atoms with E-state index in [1.807, 2.05) is 30.3 Å². The first kappa shape index (κ1) is 23.3. The fourth-order valence-corrected chi connectivity index (χ4v) is 5.09. The molecule has 35 heavy (non-hydrogen) atoms. The number of aliphatic imine (C=N–C) groups is 1. The van der Waals surface area contributed by atoms with Crippen molar-refractivity contribution < 1.29 is 14.0 Å². The Morgan fingerprint density at radius 3 is 2.46 bits per heavy atom. The summed E-state index contributed by atoms with van der Waals surface area (Å²) in [6.45, 7) is 4.21. The first-order chi connectivity index (χ1) is 17.0. The van der Waals surface area contributed by atoms with Crippen molar-refractivity contribution in [3.8, 4) is 0 Å². The lowest BCUT2D eigenvalue weighted by atomic mass is 10.1. The van der Waals surface area contributed by atoms with Gasteiger partial charge in [0.25, 0.3) is 5.91 Å². The van der Waals surface area contributed by atoms with Crippen LogP contribution in [0, 0.1) is 5.82 Å². The number of carbonyl (C=O) groups excluding carboxylic acids is 2. The van der Waals surface area contributed by atoms with Gasteiger partial charge in [-0.25, -0.2) is 14.2 Å². The number of urea groups is 1. The number of likely N-dealkylation sites (N-methyl/N-ethyl adjacent to an activating group) is 1. The molecule has 2 saturated heterocycles. The molecule has 3 aliphatic heterocycles. The third-order valence-corrected chi connectivity index (χ3v) is 7.05. The molecule has 0 saturated carbocycles. The fourth-order valence-electron chi connectivity index (χ4n) is 5.09. The summed E-state index contributed by atoms with van der Waals surface area (Å²) in [6, 6.07) is 16.2. The highest BCUT2D eigenvalue weighted by molar-refractivity contribution is 6.03. The maximum Gasteiger partial charge on any atom is 0.325 e. The molecule has 3 aliphatic rings. The molecule has 3 heterocycles. The number of piperazine rings is 1. The van der Waals surface area contributed by atoms with E-state index in [1.165, 1.54) is 16.5 Å². The number of guanidine groups is 1. The van der Waals surface area contributed by atoms with Gasteiger partial charge in [0.1, 0.15) is 5.82 Å². The SMILES string of the molecule is CN1C(=O)NC(=O)C2C1N=C(N1CCN(Cc3ccccc3F)CC1)N2CCCc1ccccc1. The lowest BCUT2D eigenvalue weighted by Gasteiger charge is -2.40. The molecule has 2 unspecified atom stereocenters. The van der Waals surface area contributed by atoms with E-state index in [0.29, 0.717) is 18.7 Å². The highest BCUT2D eigenvalue weighted by Crippen LogP contribution is 2.27. The molecule has 0 spiro atoms. The van der Waals surface area contributed by atoms with Crippen LogP contribution in [0.2, 0.25) is 0 Å². The van der Waals surface area contributed by atoms with Gasteiger partial charge in [-0.1, -0.05) is 48.5 Å². The number of benzene rings is 2. The van der Waals surface area contributed by atoms with E-state index in [-0.39, 0.29) is 11.7 Å². The molecular weight excluding hydrogens is 447 g/mol. The Morgan fingerprint density at radius 2 is 1.71 bits per heavy atom. The predicted octanol–water partition coefficient (Wildman–Crippen LogP) is 2.12. The highest BCUT2D eigenvalue weighted by atomic mass is 19.1. The van der Waals surface area contributed by atoms with Gasteiger partial charge in [-0.3, -0.25) is 15.0 Å². The number of nitrogens with zero attached hydrogens (tertiary/aromatic N) is 5. The number of fused-ring (bicyclic) bond motifs is 1.